The van der Waals surface area contributed by atoms with E-state index >= 15 is 0 Å². The number of nitrogens with zero attached hydrogens (tertiary/aromatic N) is 3. The molecule has 2 N–H and O–H groups in total. The number of carbonyl (C=O) groups excluding carboxylic acids is 1. The van der Waals surface area contributed by atoms with Crippen LogP contribution in [0.4, 0.5) is 10.7 Å². The second-order valence-corrected chi connectivity index (χ2v) is 6.01. The topological polar surface area (TPSA) is 80.6 Å². The lowest BCUT2D eigenvalue weighted by atomic mass is 10.0. The molecule has 3 heterocycles. The molecular formula is C15H19N5O2. The number of nitrogens with one attached hydrogen (secondary N) is 2. The molecule has 0 radical (unpaired) electrons. The second kappa shape index (κ2) is 5.57. The first-order valence-electron chi connectivity index (χ1n) is 7.78. The zero-order valence-electron chi connectivity index (χ0n) is 12.2. The number of rotatable bonds is 3. The van der Waals surface area contributed by atoms with Gasteiger partial charge in [0.1, 0.15) is 0 Å². The molecular weight excluding hydrogens is 282 g/mol. The van der Waals surface area contributed by atoms with Gasteiger partial charge < -0.3 is 10.1 Å². The Balaban J connectivity index is 1.35. The zero-order valence-corrected chi connectivity index (χ0v) is 12.2. The summed E-state index contributed by atoms with van der Waals surface area (Å²) in [4.78, 5) is 16.4. The molecule has 2 amide bonds. The van der Waals surface area contributed by atoms with Crippen LogP contribution in [0.1, 0.15) is 25.7 Å². The number of ether oxygens (including phenoxy) is 1. The van der Waals surface area contributed by atoms with Gasteiger partial charge in [-0.2, -0.15) is 4.98 Å². The first kappa shape index (κ1) is 13.5. The molecule has 1 aliphatic carbocycles. The SMILES string of the molecule is O=C(Nc1nc2ccccn2n1)NC1CCOC(C2CC2)C1. The van der Waals surface area contributed by atoms with Crippen LogP contribution in [0.15, 0.2) is 24.4 Å². The van der Waals surface area contributed by atoms with E-state index in [4.69, 9.17) is 4.74 Å². The van der Waals surface area contributed by atoms with Gasteiger partial charge in [-0.15, -0.1) is 5.10 Å². The highest BCUT2D eigenvalue weighted by atomic mass is 16.5. The summed E-state index contributed by atoms with van der Waals surface area (Å²) in [5.74, 6) is 1.02. The van der Waals surface area contributed by atoms with Crippen molar-refractivity contribution in [1.29, 1.82) is 0 Å². The molecule has 2 atom stereocenters. The van der Waals surface area contributed by atoms with E-state index in [1.165, 1.54) is 12.8 Å². The molecule has 7 heteroatoms. The molecule has 0 aromatic carbocycles. The van der Waals surface area contributed by atoms with Crippen molar-refractivity contribution in [1.82, 2.24) is 19.9 Å². The maximum Gasteiger partial charge on any atom is 0.321 e. The average molecular weight is 301 g/mol. The van der Waals surface area contributed by atoms with Crippen molar-refractivity contribution in [3.05, 3.63) is 24.4 Å². The molecule has 2 unspecified atom stereocenters. The highest BCUT2D eigenvalue weighted by Gasteiger charge is 2.36. The third-order valence-corrected chi connectivity index (χ3v) is 4.26. The molecule has 2 aromatic heterocycles. The summed E-state index contributed by atoms with van der Waals surface area (Å²) < 4.78 is 7.40. The minimum absolute atomic E-state index is 0.163. The van der Waals surface area contributed by atoms with Crippen LogP contribution in [0.5, 0.6) is 0 Å². The summed E-state index contributed by atoms with van der Waals surface area (Å²) in [6.07, 6.45) is 6.38. The van der Waals surface area contributed by atoms with Gasteiger partial charge in [-0.1, -0.05) is 6.07 Å². The van der Waals surface area contributed by atoms with Crippen molar-refractivity contribution in [2.45, 2.75) is 37.8 Å². The first-order chi connectivity index (χ1) is 10.8. The Morgan fingerprint density at radius 1 is 1.32 bits per heavy atom. The Morgan fingerprint density at radius 3 is 3.05 bits per heavy atom. The third kappa shape index (κ3) is 2.89. The number of aromatic nitrogens is 3. The van der Waals surface area contributed by atoms with Crippen LogP contribution in [-0.2, 0) is 4.74 Å². The Labute approximate surface area is 128 Å². The van der Waals surface area contributed by atoms with Crippen molar-refractivity contribution >= 4 is 17.6 Å². The molecule has 7 nitrogen and oxygen atoms in total. The van der Waals surface area contributed by atoms with Crippen LogP contribution in [0, 0.1) is 5.92 Å². The molecule has 2 fully saturated rings. The van der Waals surface area contributed by atoms with E-state index in [9.17, 15) is 4.79 Å². The maximum atomic E-state index is 12.1. The Bertz CT molecular complexity index is 648. The van der Waals surface area contributed by atoms with Gasteiger partial charge in [0.2, 0.25) is 0 Å². The van der Waals surface area contributed by atoms with Gasteiger partial charge in [0.15, 0.2) is 5.65 Å². The van der Waals surface area contributed by atoms with Crippen molar-refractivity contribution in [3.63, 3.8) is 0 Å². The molecule has 1 saturated carbocycles. The van der Waals surface area contributed by atoms with Crippen molar-refractivity contribution in [3.8, 4) is 0 Å². The number of urea groups is 1. The van der Waals surface area contributed by atoms with E-state index in [0.29, 0.717) is 23.6 Å². The number of hydrogen-bond acceptors (Lipinski definition) is 4. The van der Waals surface area contributed by atoms with Gasteiger partial charge in [0, 0.05) is 18.8 Å². The fraction of sp³-hybridized carbons (Fsp3) is 0.533. The number of pyridine rings is 1. The molecule has 2 aromatic rings. The number of amides is 2. The van der Waals surface area contributed by atoms with E-state index < -0.39 is 0 Å². The molecule has 4 rings (SSSR count). The fourth-order valence-electron chi connectivity index (χ4n) is 2.96. The normalized spacial score (nSPS) is 25.1. The lowest BCUT2D eigenvalue weighted by molar-refractivity contribution is -0.00890. The summed E-state index contributed by atoms with van der Waals surface area (Å²) in [5, 5.41) is 9.92. The summed E-state index contributed by atoms with van der Waals surface area (Å²) in [7, 11) is 0. The summed E-state index contributed by atoms with van der Waals surface area (Å²) in [5.41, 5.74) is 0.706. The second-order valence-electron chi connectivity index (χ2n) is 6.01. The quantitative estimate of drug-likeness (QED) is 0.906. The van der Waals surface area contributed by atoms with E-state index in [0.717, 1.165) is 19.4 Å². The fourth-order valence-corrected chi connectivity index (χ4v) is 2.96. The molecule has 1 saturated heterocycles. The van der Waals surface area contributed by atoms with Gasteiger partial charge in [-0.05, 0) is 43.7 Å². The van der Waals surface area contributed by atoms with Crippen LogP contribution in [0.3, 0.4) is 0 Å². The number of hydrogen-bond donors (Lipinski definition) is 2. The monoisotopic (exact) mass is 301 g/mol. The summed E-state index contributed by atoms with van der Waals surface area (Å²) >= 11 is 0. The van der Waals surface area contributed by atoms with Crippen molar-refractivity contribution < 1.29 is 9.53 Å². The number of anilines is 1. The minimum Gasteiger partial charge on any atom is -0.378 e. The van der Waals surface area contributed by atoms with Gasteiger partial charge in [0.25, 0.3) is 5.95 Å². The molecule has 116 valence electrons. The molecule has 2 aliphatic rings. The Morgan fingerprint density at radius 2 is 2.23 bits per heavy atom. The van der Waals surface area contributed by atoms with Crippen LogP contribution < -0.4 is 10.6 Å². The molecule has 0 bridgehead atoms. The highest BCUT2D eigenvalue weighted by Crippen LogP contribution is 2.38. The maximum absolute atomic E-state index is 12.1. The zero-order chi connectivity index (χ0) is 14.9. The highest BCUT2D eigenvalue weighted by molar-refractivity contribution is 5.87. The van der Waals surface area contributed by atoms with Crippen molar-refractivity contribution in [2.75, 3.05) is 11.9 Å². The largest absolute Gasteiger partial charge is 0.378 e. The predicted octanol–water partition coefficient (Wildman–Crippen LogP) is 1.81. The van der Waals surface area contributed by atoms with E-state index in [-0.39, 0.29) is 12.1 Å². The van der Waals surface area contributed by atoms with Crippen LogP contribution in [0.25, 0.3) is 5.65 Å². The van der Waals surface area contributed by atoms with Gasteiger partial charge >= 0.3 is 6.03 Å². The standard InChI is InChI=1S/C15H19N5O2/c21-15(16-11-6-8-22-12(9-11)10-4-5-10)18-14-17-13-3-1-2-7-20(13)19-14/h1-3,7,10-12H,4-6,8-9H2,(H2,16,18,19,21). The van der Waals surface area contributed by atoms with E-state index in [1.807, 2.05) is 18.2 Å². The average Bonchev–Trinajstić information content (AvgIpc) is 3.28. The molecule has 1 aliphatic heterocycles. The molecule has 0 spiro atoms. The van der Waals surface area contributed by atoms with Crippen molar-refractivity contribution in [2.24, 2.45) is 5.92 Å². The predicted molar refractivity (Wildman–Crippen MR) is 80.6 cm³/mol. The van der Waals surface area contributed by atoms with E-state index in [1.54, 1.807) is 10.7 Å². The number of carbonyl (C=O) groups is 1. The van der Waals surface area contributed by atoms with Crippen LogP contribution in [-0.4, -0.2) is 39.4 Å². The molecule has 22 heavy (non-hydrogen) atoms. The first-order valence-corrected chi connectivity index (χ1v) is 7.78. The van der Waals surface area contributed by atoms with Crippen LogP contribution in [0.2, 0.25) is 0 Å². The summed E-state index contributed by atoms with van der Waals surface area (Å²) in [6.45, 7) is 0.721. The van der Waals surface area contributed by atoms with Gasteiger partial charge in [0.05, 0.1) is 6.10 Å². The summed E-state index contributed by atoms with van der Waals surface area (Å²) in [6, 6.07) is 5.50. The third-order valence-electron chi connectivity index (χ3n) is 4.26. The minimum atomic E-state index is -0.252. The number of fused-ring (bicyclic) bond motifs is 1. The lowest BCUT2D eigenvalue weighted by Crippen LogP contribution is -2.44. The smallest absolute Gasteiger partial charge is 0.321 e. The van der Waals surface area contributed by atoms with Gasteiger partial charge in [-0.25, -0.2) is 9.31 Å². The van der Waals surface area contributed by atoms with Gasteiger partial charge in [-0.3, -0.25) is 5.32 Å². The lowest BCUT2D eigenvalue weighted by Gasteiger charge is -2.30. The van der Waals surface area contributed by atoms with Crippen LogP contribution >= 0.6 is 0 Å². The van der Waals surface area contributed by atoms with E-state index in [2.05, 4.69) is 20.7 Å². The Hall–Kier alpha value is -2.15. The Kier molecular flexibility index (Phi) is 3.42.